The highest BCUT2D eigenvalue weighted by atomic mass is 19.2. The Labute approximate surface area is 194 Å². The summed E-state index contributed by atoms with van der Waals surface area (Å²) >= 11 is 0. The molecule has 1 aromatic rings. The summed E-state index contributed by atoms with van der Waals surface area (Å²) in [6.07, 6.45) is 21.1. The van der Waals surface area contributed by atoms with Gasteiger partial charge in [0, 0.05) is 0 Å². The summed E-state index contributed by atoms with van der Waals surface area (Å²) in [4.78, 5) is 0. The van der Waals surface area contributed by atoms with Crippen molar-refractivity contribution >= 4 is 0 Å². The molecule has 0 radical (unpaired) electrons. The molecule has 3 heteroatoms. The normalized spacial score (nSPS) is 27.0. The molecule has 0 heterocycles. The van der Waals surface area contributed by atoms with Gasteiger partial charge in [0.25, 0.3) is 0 Å². The van der Waals surface area contributed by atoms with E-state index in [0.717, 1.165) is 62.7 Å². The zero-order valence-electron chi connectivity index (χ0n) is 20.2. The molecule has 32 heavy (non-hydrogen) atoms. The molecule has 0 bridgehead atoms. The largest absolute Gasteiger partial charge is 0.475 e. The van der Waals surface area contributed by atoms with Crippen LogP contribution in [0.1, 0.15) is 115 Å². The highest BCUT2D eigenvalue weighted by molar-refractivity contribution is 5.34. The summed E-state index contributed by atoms with van der Waals surface area (Å²) in [5.41, 5.74) is 0.517. The fourth-order valence-corrected chi connectivity index (χ4v) is 6.12. The van der Waals surface area contributed by atoms with Crippen molar-refractivity contribution < 1.29 is 13.5 Å². The van der Waals surface area contributed by atoms with Gasteiger partial charge in [-0.3, -0.25) is 0 Å². The van der Waals surface area contributed by atoms with Crippen LogP contribution in [0.15, 0.2) is 12.1 Å². The minimum Gasteiger partial charge on any atom is -0.475 e. The first-order valence-electron chi connectivity index (χ1n) is 13.2. The Hall–Kier alpha value is -1.56. The molecule has 1 nitrogen and oxygen atoms in total. The third-order valence-electron chi connectivity index (χ3n) is 8.07. The van der Waals surface area contributed by atoms with E-state index in [0.29, 0.717) is 12.0 Å². The first-order valence-corrected chi connectivity index (χ1v) is 13.2. The molecule has 178 valence electrons. The average Bonchev–Trinajstić information content (AvgIpc) is 2.82. The van der Waals surface area contributed by atoms with E-state index in [4.69, 9.17) is 11.2 Å². The molecular weight excluding hydrogens is 402 g/mol. The van der Waals surface area contributed by atoms with E-state index in [-0.39, 0.29) is 11.7 Å². The summed E-state index contributed by atoms with van der Waals surface area (Å²) in [5, 5.41) is 0. The lowest BCUT2D eigenvalue weighted by molar-refractivity contribution is 0.155. The first-order chi connectivity index (χ1) is 15.6. The topological polar surface area (TPSA) is 9.23 Å². The van der Waals surface area contributed by atoms with Gasteiger partial charge in [0.15, 0.2) is 17.7 Å². The molecule has 0 amide bonds. The van der Waals surface area contributed by atoms with Gasteiger partial charge in [-0.15, -0.1) is 6.42 Å². The van der Waals surface area contributed by atoms with Crippen LogP contribution in [0.2, 0.25) is 0 Å². The van der Waals surface area contributed by atoms with Crippen molar-refractivity contribution in [3.8, 4) is 18.1 Å². The molecule has 1 atom stereocenters. The molecule has 2 fully saturated rings. The van der Waals surface area contributed by atoms with Gasteiger partial charge in [0.2, 0.25) is 5.82 Å². The SMILES string of the molecule is C#CC(CCCCC)Oc1ccc(C2CCC(C3CCC(CCC)CC3)CC2)c(F)c1F. The van der Waals surface area contributed by atoms with Gasteiger partial charge in [-0.1, -0.05) is 64.4 Å². The van der Waals surface area contributed by atoms with Crippen molar-refractivity contribution in [2.45, 2.75) is 116 Å². The van der Waals surface area contributed by atoms with Gasteiger partial charge in [-0.2, -0.15) is 4.39 Å². The van der Waals surface area contributed by atoms with Crippen molar-refractivity contribution in [2.24, 2.45) is 17.8 Å². The van der Waals surface area contributed by atoms with E-state index in [1.54, 1.807) is 12.1 Å². The Balaban J connectivity index is 1.54. The van der Waals surface area contributed by atoms with Crippen LogP contribution in [0.4, 0.5) is 8.78 Å². The standard InChI is InChI=1S/C29H42F2O/c1-4-7-8-10-25(6-3)32-27-20-19-26(28(30)29(27)31)24-17-15-23(16-18-24)22-13-11-21(9-5-2)12-14-22/h3,19-25H,4-5,7-18H2,1-2H3. The molecule has 0 saturated heterocycles. The molecule has 0 aliphatic heterocycles. The van der Waals surface area contributed by atoms with E-state index in [2.05, 4.69) is 19.8 Å². The zero-order valence-corrected chi connectivity index (χ0v) is 20.2. The smallest absolute Gasteiger partial charge is 0.200 e. The van der Waals surface area contributed by atoms with Crippen LogP contribution >= 0.6 is 0 Å². The third-order valence-corrected chi connectivity index (χ3v) is 8.07. The molecule has 3 rings (SSSR count). The summed E-state index contributed by atoms with van der Waals surface area (Å²) < 4.78 is 35.4. The highest BCUT2D eigenvalue weighted by Crippen LogP contribution is 2.45. The van der Waals surface area contributed by atoms with Crippen LogP contribution in [0.25, 0.3) is 0 Å². The van der Waals surface area contributed by atoms with Crippen LogP contribution in [0.3, 0.4) is 0 Å². The van der Waals surface area contributed by atoms with Gasteiger partial charge in [-0.05, 0) is 86.7 Å². The lowest BCUT2D eigenvalue weighted by Gasteiger charge is -2.38. The lowest BCUT2D eigenvalue weighted by atomic mass is 9.68. The Morgan fingerprint density at radius 2 is 1.56 bits per heavy atom. The Morgan fingerprint density at radius 1 is 0.906 bits per heavy atom. The van der Waals surface area contributed by atoms with Crippen molar-refractivity contribution in [3.05, 3.63) is 29.3 Å². The summed E-state index contributed by atoms with van der Waals surface area (Å²) in [6, 6.07) is 3.31. The fraction of sp³-hybridized carbons (Fsp3) is 0.724. The predicted molar refractivity (Wildman–Crippen MR) is 129 cm³/mol. The summed E-state index contributed by atoms with van der Waals surface area (Å²) in [7, 11) is 0. The molecular formula is C29H42F2O. The molecule has 1 aromatic carbocycles. The van der Waals surface area contributed by atoms with Gasteiger partial charge in [0.1, 0.15) is 0 Å². The van der Waals surface area contributed by atoms with Gasteiger partial charge in [0.05, 0.1) is 0 Å². The van der Waals surface area contributed by atoms with Crippen molar-refractivity contribution in [3.63, 3.8) is 0 Å². The second-order valence-corrected chi connectivity index (χ2v) is 10.2. The molecule has 0 N–H and O–H groups in total. The minimum absolute atomic E-state index is 0.0526. The predicted octanol–water partition coefficient (Wildman–Crippen LogP) is 8.81. The number of unbranched alkanes of at least 4 members (excludes halogenated alkanes) is 2. The molecule has 0 spiro atoms. The Kier molecular flexibility index (Phi) is 9.89. The van der Waals surface area contributed by atoms with E-state index in [1.165, 1.54) is 38.5 Å². The number of hydrogen-bond acceptors (Lipinski definition) is 1. The van der Waals surface area contributed by atoms with E-state index < -0.39 is 17.7 Å². The first kappa shape index (κ1) is 25.1. The molecule has 0 aromatic heterocycles. The number of terminal acetylenes is 1. The van der Waals surface area contributed by atoms with E-state index in [9.17, 15) is 8.78 Å². The monoisotopic (exact) mass is 444 g/mol. The van der Waals surface area contributed by atoms with E-state index >= 15 is 0 Å². The molecule has 2 aliphatic rings. The van der Waals surface area contributed by atoms with Crippen LogP contribution < -0.4 is 4.74 Å². The van der Waals surface area contributed by atoms with Gasteiger partial charge >= 0.3 is 0 Å². The van der Waals surface area contributed by atoms with Gasteiger partial charge in [-0.25, -0.2) is 4.39 Å². The summed E-state index contributed by atoms with van der Waals surface area (Å²) in [6.45, 7) is 4.40. The number of ether oxygens (including phenoxy) is 1. The number of hydrogen-bond donors (Lipinski definition) is 0. The molecule has 1 unspecified atom stereocenters. The molecule has 2 saturated carbocycles. The summed E-state index contributed by atoms with van der Waals surface area (Å²) in [5.74, 6) is 3.55. The maximum Gasteiger partial charge on any atom is 0.200 e. The van der Waals surface area contributed by atoms with Crippen LogP contribution in [0, 0.1) is 41.7 Å². The van der Waals surface area contributed by atoms with Crippen LogP contribution in [0.5, 0.6) is 5.75 Å². The molecule has 2 aliphatic carbocycles. The van der Waals surface area contributed by atoms with Crippen molar-refractivity contribution in [1.82, 2.24) is 0 Å². The maximum atomic E-state index is 15.0. The third kappa shape index (κ3) is 6.49. The Morgan fingerprint density at radius 3 is 2.16 bits per heavy atom. The van der Waals surface area contributed by atoms with Crippen LogP contribution in [-0.2, 0) is 0 Å². The quantitative estimate of drug-likeness (QED) is 0.259. The van der Waals surface area contributed by atoms with Crippen molar-refractivity contribution in [2.75, 3.05) is 0 Å². The fourth-order valence-electron chi connectivity index (χ4n) is 6.12. The minimum atomic E-state index is -0.880. The number of halogens is 2. The second-order valence-electron chi connectivity index (χ2n) is 10.2. The lowest BCUT2D eigenvalue weighted by Crippen LogP contribution is -2.25. The van der Waals surface area contributed by atoms with Gasteiger partial charge < -0.3 is 4.74 Å². The van der Waals surface area contributed by atoms with E-state index in [1.807, 2.05) is 0 Å². The van der Waals surface area contributed by atoms with Crippen LogP contribution in [-0.4, -0.2) is 6.10 Å². The van der Waals surface area contributed by atoms with Crippen molar-refractivity contribution in [1.29, 1.82) is 0 Å². The Bertz CT molecular complexity index is 736. The average molecular weight is 445 g/mol. The second kappa shape index (κ2) is 12.6. The zero-order chi connectivity index (χ0) is 22.9. The number of benzene rings is 1. The highest BCUT2D eigenvalue weighted by Gasteiger charge is 2.32. The number of rotatable bonds is 10. The maximum absolute atomic E-state index is 15.0.